The Balaban J connectivity index is 3.20. The van der Waals surface area contributed by atoms with Crippen LogP contribution in [0.15, 0.2) is 6.20 Å². The summed E-state index contributed by atoms with van der Waals surface area (Å²) >= 11 is 0. The van der Waals surface area contributed by atoms with Gasteiger partial charge in [0.2, 0.25) is 5.95 Å². The fourth-order valence-electron chi connectivity index (χ4n) is 0.881. The highest BCUT2D eigenvalue weighted by Gasteiger charge is 2.10. The Morgan fingerprint density at radius 1 is 1.75 bits per heavy atom. The van der Waals surface area contributed by atoms with Crippen LogP contribution in [-0.4, -0.2) is 21.0 Å². The van der Waals surface area contributed by atoms with Crippen LogP contribution in [0.4, 0.5) is 5.95 Å². The number of carboxylic acid groups (broad SMARTS) is 1. The van der Waals surface area contributed by atoms with Crippen LogP contribution >= 0.6 is 0 Å². The van der Waals surface area contributed by atoms with E-state index in [0.717, 1.165) is 0 Å². The number of aromatic carboxylic acids is 1. The molecule has 0 saturated carbocycles. The number of hydrogen-bond donors (Lipinski definition) is 2. The van der Waals surface area contributed by atoms with Crippen molar-refractivity contribution < 1.29 is 9.90 Å². The van der Waals surface area contributed by atoms with Gasteiger partial charge in [-0.05, 0) is 6.42 Å². The molecule has 0 fully saturated rings. The Morgan fingerprint density at radius 3 is 2.92 bits per heavy atom. The van der Waals surface area contributed by atoms with E-state index >= 15 is 0 Å². The minimum Gasteiger partial charge on any atom is -0.478 e. The fourth-order valence-corrected chi connectivity index (χ4v) is 0.881. The van der Waals surface area contributed by atoms with Crippen molar-refractivity contribution >= 4 is 11.9 Å². The Hall–Kier alpha value is -1.65. The quantitative estimate of drug-likeness (QED) is 0.662. The second kappa shape index (κ2) is 3.17. The molecular formula is C7H9N3O2. The average Bonchev–Trinajstić information content (AvgIpc) is 2.03. The molecule has 0 aromatic carbocycles. The van der Waals surface area contributed by atoms with Gasteiger partial charge in [0, 0.05) is 6.20 Å². The summed E-state index contributed by atoms with van der Waals surface area (Å²) in [7, 11) is 0. The van der Waals surface area contributed by atoms with Gasteiger partial charge in [-0.3, -0.25) is 0 Å². The van der Waals surface area contributed by atoms with E-state index in [-0.39, 0.29) is 11.5 Å². The van der Waals surface area contributed by atoms with Gasteiger partial charge in [0.05, 0.1) is 11.3 Å². The zero-order chi connectivity index (χ0) is 9.14. The van der Waals surface area contributed by atoms with Crippen molar-refractivity contribution in [3.63, 3.8) is 0 Å². The van der Waals surface area contributed by atoms with Crippen LogP contribution in [0, 0.1) is 0 Å². The largest absolute Gasteiger partial charge is 0.478 e. The van der Waals surface area contributed by atoms with Crippen molar-refractivity contribution in [1.29, 1.82) is 0 Å². The third-order valence-corrected chi connectivity index (χ3v) is 1.45. The van der Waals surface area contributed by atoms with Crippen molar-refractivity contribution in [2.24, 2.45) is 0 Å². The zero-order valence-corrected chi connectivity index (χ0v) is 6.61. The van der Waals surface area contributed by atoms with Crippen molar-refractivity contribution in [2.75, 3.05) is 5.73 Å². The number of nitrogen functional groups attached to an aromatic ring is 1. The van der Waals surface area contributed by atoms with Crippen LogP contribution < -0.4 is 5.73 Å². The molecule has 0 aliphatic heterocycles. The van der Waals surface area contributed by atoms with Gasteiger partial charge < -0.3 is 10.8 Å². The van der Waals surface area contributed by atoms with Crippen molar-refractivity contribution in [3.05, 3.63) is 17.5 Å². The van der Waals surface area contributed by atoms with E-state index in [2.05, 4.69) is 9.97 Å². The Labute approximate surface area is 69.3 Å². The van der Waals surface area contributed by atoms with Crippen molar-refractivity contribution in [1.82, 2.24) is 9.97 Å². The van der Waals surface area contributed by atoms with Crippen LogP contribution in [0.25, 0.3) is 0 Å². The van der Waals surface area contributed by atoms with Crippen molar-refractivity contribution in [3.8, 4) is 0 Å². The first-order chi connectivity index (χ1) is 5.65. The minimum atomic E-state index is -1.02. The highest BCUT2D eigenvalue weighted by molar-refractivity contribution is 5.88. The Morgan fingerprint density at radius 2 is 2.42 bits per heavy atom. The number of carbonyl (C=O) groups is 1. The number of nitrogens with two attached hydrogens (primary N) is 1. The van der Waals surface area contributed by atoms with E-state index in [1.54, 1.807) is 0 Å². The van der Waals surface area contributed by atoms with Gasteiger partial charge >= 0.3 is 5.97 Å². The maximum absolute atomic E-state index is 10.6. The molecule has 0 aliphatic carbocycles. The van der Waals surface area contributed by atoms with Crippen LogP contribution in [-0.2, 0) is 6.42 Å². The molecule has 5 nitrogen and oxygen atoms in total. The summed E-state index contributed by atoms with van der Waals surface area (Å²) < 4.78 is 0. The molecule has 1 rings (SSSR count). The molecule has 0 radical (unpaired) electrons. The van der Waals surface area contributed by atoms with E-state index in [1.165, 1.54) is 6.20 Å². The van der Waals surface area contributed by atoms with Gasteiger partial charge in [0.1, 0.15) is 0 Å². The third kappa shape index (κ3) is 1.50. The molecule has 0 saturated heterocycles. The number of nitrogens with zero attached hydrogens (tertiary/aromatic N) is 2. The molecule has 0 unspecified atom stereocenters. The minimum absolute atomic E-state index is 0.108. The lowest BCUT2D eigenvalue weighted by Crippen LogP contribution is -2.07. The van der Waals surface area contributed by atoms with Crippen molar-refractivity contribution in [2.45, 2.75) is 13.3 Å². The molecule has 64 valence electrons. The first-order valence-electron chi connectivity index (χ1n) is 3.49. The lowest BCUT2D eigenvalue weighted by molar-refractivity contribution is 0.0694. The summed E-state index contributed by atoms with van der Waals surface area (Å²) in [5.41, 5.74) is 5.87. The molecule has 0 atom stereocenters. The predicted octanol–water partition coefficient (Wildman–Crippen LogP) is 0.319. The molecule has 12 heavy (non-hydrogen) atoms. The number of carboxylic acids is 1. The van der Waals surface area contributed by atoms with Crippen LogP contribution in [0.3, 0.4) is 0 Å². The monoisotopic (exact) mass is 167 g/mol. The van der Waals surface area contributed by atoms with E-state index in [1.807, 2.05) is 6.92 Å². The van der Waals surface area contributed by atoms with Crippen LogP contribution in [0.2, 0.25) is 0 Å². The lowest BCUT2D eigenvalue weighted by Gasteiger charge is -2.01. The standard InChI is InChI=1S/C7H9N3O2/c1-2-5-4(6(11)12)3-9-7(8)10-5/h3H,2H2,1H3,(H,11,12)(H2,8,9,10). The van der Waals surface area contributed by atoms with Crippen LogP contribution in [0.1, 0.15) is 23.0 Å². The van der Waals surface area contributed by atoms with Gasteiger partial charge in [-0.1, -0.05) is 6.92 Å². The molecule has 0 amide bonds. The number of anilines is 1. The summed E-state index contributed by atoms with van der Waals surface area (Å²) in [4.78, 5) is 18.0. The molecule has 0 aliphatic rings. The summed E-state index contributed by atoms with van der Waals surface area (Å²) in [6.07, 6.45) is 1.76. The molecular weight excluding hydrogens is 158 g/mol. The molecule has 1 heterocycles. The highest BCUT2D eigenvalue weighted by Crippen LogP contribution is 2.06. The molecule has 1 aromatic rings. The smallest absolute Gasteiger partial charge is 0.339 e. The molecule has 0 spiro atoms. The Bertz CT molecular complexity index is 312. The molecule has 5 heteroatoms. The van der Waals surface area contributed by atoms with Crippen LogP contribution in [0.5, 0.6) is 0 Å². The maximum Gasteiger partial charge on any atom is 0.339 e. The normalized spacial score (nSPS) is 9.75. The second-order valence-corrected chi connectivity index (χ2v) is 2.25. The van der Waals surface area contributed by atoms with Gasteiger partial charge in [-0.25, -0.2) is 14.8 Å². The highest BCUT2D eigenvalue weighted by atomic mass is 16.4. The van der Waals surface area contributed by atoms with Gasteiger partial charge in [0.25, 0.3) is 0 Å². The zero-order valence-electron chi connectivity index (χ0n) is 6.61. The average molecular weight is 167 g/mol. The second-order valence-electron chi connectivity index (χ2n) is 2.25. The summed E-state index contributed by atoms with van der Waals surface area (Å²) in [6.45, 7) is 1.81. The summed E-state index contributed by atoms with van der Waals surface area (Å²) in [6, 6.07) is 0. The number of aryl methyl sites for hydroxylation is 1. The number of rotatable bonds is 2. The third-order valence-electron chi connectivity index (χ3n) is 1.45. The lowest BCUT2D eigenvalue weighted by atomic mass is 10.2. The Kier molecular flexibility index (Phi) is 2.23. The molecule has 3 N–H and O–H groups in total. The van der Waals surface area contributed by atoms with E-state index in [4.69, 9.17) is 10.8 Å². The van der Waals surface area contributed by atoms with Gasteiger partial charge in [0.15, 0.2) is 0 Å². The van der Waals surface area contributed by atoms with E-state index in [9.17, 15) is 4.79 Å². The SMILES string of the molecule is CCc1nc(N)ncc1C(=O)O. The van der Waals surface area contributed by atoms with E-state index < -0.39 is 5.97 Å². The van der Waals surface area contributed by atoms with E-state index in [0.29, 0.717) is 12.1 Å². The topological polar surface area (TPSA) is 89.1 Å². The first kappa shape index (κ1) is 8.45. The van der Waals surface area contributed by atoms with Gasteiger partial charge in [-0.2, -0.15) is 0 Å². The summed E-state index contributed by atoms with van der Waals surface area (Å²) in [5, 5.41) is 8.67. The fraction of sp³-hybridized carbons (Fsp3) is 0.286. The summed E-state index contributed by atoms with van der Waals surface area (Å²) in [5.74, 6) is -0.913. The molecule has 1 aromatic heterocycles. The maximum atomic E-state index is 10.6. The predicted molar refractivity (Wildman–Crippen MR) is 42.8 cm³/mol. The number of hydrogen-bond acceptors (Lipinski definition) is 4. The first-order valence-corrected chi connectivity index (χ1v) is 3.49. The number of aromatic nitrogens is 2. The van der Waals surface area contributed by atoms with Gasteiger partial charge in [-0.15, -0.1) is 0 Å². The molecule has 0 bridgehead atoms.